The van der Waals surface area contributed by atoms with Crippen LogP contribution in [0.15, 0.2) is 18.2 Å². The minimum Gasteiger partial charge on any atom is -0.496 e. The van der Waals surface area contributed by atoms with E-state index in [9.17, 15) is 4.79 Å². The van der Waals surface area contributed by atoms with Gasteiger partial charge >= 0.3 is 0 Å². The molecule has 0 bridgehead atoms. The summed E-state index contributed by atoms with van der Waals surface area (Å²) in [7, 11) is 1.60. The predicted octanol–water partition coefficient (Wildman–Crippen LogP) is 2.39. The maximum Gasteiger partial charge on any atom is 0.174 e. The Bertz CT molecular complexity index is 355. The quantitative estimate of drug-likeness (QED) is 0.691. The number of ether oxygens (including phenoxy) is 1. The molecule has 0 amide bonds. The van der Waals surface area contributed by atoms with E-state index in [1.807, 2.05) is 25.1 Å². The number of carbonyl (C=O) groups is 1. The van der Waals surface area contributed by atoms with Crippen LogP contribution < -0.4 is 4.74 Å². The molecular formula is C11H12O2. The second-order valence-electron chi connectivity index (χ2n) is 3.25. The Kier molecular flexibility index (Phi) is 1.83. The second kappa shape index (κ2) is 2.87. The van der Waals surface area contributed by atoms with E-state index in [0.29, 0.717) is 5.75 Å². The third kappa shape index (κ3) is 0.981. The molecule has 1 aliphatic rings. The van der Waals surface area contributed by atoms with E-state index in [1.165, 1.54) is 0 Å². The third-order valence-corrected chi connectivity index (χ3v) is 2.62. The average Bonchev–Trinajstić information content (AvgIpc) is 2.17. The van der Waals surface area contributed by atoms with E-state index in [1.54, 1.807) is 7.11 Å². The molecule has 0 heterocycles. The summed E-state index contributed by atoms with van der Waals surface area (Å²) >= 11 is 0. The summed E-state index contributed by atoms with van der Waals surface area (Å²) in [5.41, 5.74) is 1.93. The lowest BCUT2D eigenvalue weighted by molar-refractivity contribution is 0.0920. The first-order chi connectivity index (χ1) is 6.29. The first-order valence-corrected chi connectivity index (χ1v) is 4.50. The molecule has 2 heteroatoms. The number of benzene rings is 1. The monoisotopic (exact) mass is 176 g/mol. The van der Waals surface area contributed by atoms with Crippen molar-refractivity contribution in [1.82, 2.24) is 0 Å². The van der Waals surface area contributed by atoms with Crippen LogP contribution in [0.5, 0.6) is 5.75 Å². The molecule has 0 aromatic heterocycles. The van der Waals surface area contributed by atoms with Gasteiger partial charge in [0.05, 0.1) is 12.7 Å². The number of methoxy groups -OCH3 is 1. The minimum atomic E-state index is 0.116. The van der Waals surface area contributed by atoms with Crippen LogP contribution in [0.3, 0.4) is 0 Å². The van der Waals surface area contributed by atoms with Crippen LogP contribution in [0.1, 0.15) is 35.2 Å². The largest absolute Gasteiger partial charge is 0.496 e. The number of fused-ring (bicyclic) bond motifs is 1. The predicted molar refractivity (Wildman–Crippen MR) is 50.4 cm³/mol. The fourth-order valence-electron chi connectivity index (χ4n) is 1.92. The maximum absolute atomic E-state index is 11.6. The number of Topliss-reactive ketones (excluding diaryl/α,β-unsaturated/α-hetero) is 1. The van der Waals surface area contributed by atoms with Crippen molar-refractivity contribution in [1.29, 1.82) is 0 Å². The van der Waals surface area contributed by atoms with Gasteiger partial charge in [-0.2, -0.15) is 0 Å². The molecule has 2 nitrogen and oxygen atoms in total. The Morgan fingerprint density at radius 1 is 1.46 bits per heavy atom. The molecule has 0 N–H and O–H groups in total. The summed E-state index contributed by atoms with van der Waals surface area (Å²) in [5.74, 6) is 1.06. The van der Waals surface area contributed by atoms with Crippen molar-refractivity contribution in [3.05, 3.63) is 29.3 Å². The highest BCUT2D eigenvalue weighted by Gasteiger charge is 2.36. The Morgan fingerprint density at radius 2 is 2.23 bits per heavy atom. The van der Waals surface area contributed by atoms with Gasteiger partial charge in [-0.25, -0.2) is 0 Å². The van der Waals surface area contributed by atoms with Crippen LogP contribution in [0.4, 0.5) is 0 Å². The topological polar surface area (TPSA) is 26.3 Å². The van der Waals surface area contributed by atoms with E-state index in [0.717, 1.165) is 17.5 Å². The Balaban J connectivity index is 2.50. The SMILES string of the molecule is CCC1C(=O)c2c(OC)cccc21. The van der Waals surface area contributed by atoms with Crippen LogP contribution in [-0.2, 0) is 0 Å². The standard InChI is InChI=1S/C11H12O2/c1-3-7-8-5-4-6-9(13-2)10(8)11(7)12/h4-7H,3H2,1-2H3. The number of rotatable bonds is 2. The van der Waals surface area contributed by atoms with Gasteiger partial charge in [0.1, 0.15) is 5.75 Å². The molecule has 0 saturated carbocycles. The fourth-order valence-corrected chi connectivity index (χ4v) is 1.92. The summed E-state index contributed by atoms with van der Waals surface area (Å²) in [6.45, 7) is 2.03. The van der Waals surface area contributed by atoms with E-state index in [2.05, 4.69) is 0 Å². The molecule has 1 aromatic carbocycles. The summed E-state index contributed by atoms with van der Waals surface area (Å²) in [6, 6.07) is 5.78. The molecular weight excluding hydrogens is 164 g/mol. The van der Waals surface area contributed by atoms with Gasteiger partial charge in [-0.15, -0.1) is 0 Å². The van der Waals surface area contributed by atoms with Gasteiger partial charge in [0.25, 0.3) is 0 Å². The first kappa shape index (κ1) is 8.30. The Labute approximate surface area is 77.5 Å². The molecule has 13 heavy (non-hydrogen) atoms. The average molecular weight is 176 g/mol. The van der Waals surface area contributed by atoms with Crippen molar-refractivity contribution >= 4 is 5.78 Å². The molecule has 0 spiro atoms. The zero-order valence-electron chi connectivity index (χ0n) is 7.83. The van der Waals surface area contributed by atoms with Crippen LogP contribution >= 0.6 is 0 Å². The highest BCUT2D eigenvalue weighted by molar-refractivity contribution is 6.12. The van der Waals surface area contributed by atoms with Crippen LogP contribution in [-0.4, -0.2) is 12.9 Å². The third-order valence-electron chi connectivity index (χ3n) is 2.62. The van der Waals surface area contributed by atoms with Crippen molar-refractivity contribution in [3.8, 4) is 5.75 Å². The maximum atomic E-state index is 11.6. The number of ketones is 1. The van der Waals surface area contributed by atoms with Gasteiger partial charge < -0.3 is 4.74 Å². The zero-order valence-corrected chi connectivity index (χ0v) is 7.83. The van der Waals surface area contributed by atoms with E-state index >= 15 is 0 Å². The molecule has 1 unspecified atom stereocenters. The molecule has 2 rings (SSSR count). The van der Waals surface area contributed by atoms with Crippen molar-refractivity contribution in [2.45, 2.75) is 19.3 Å². The first-order valence-electron chi connectivity index (χ1n) is 4.50. The summed E-state index contributed by atoms with van der Waals surface area (Å²) in [6.07, 6.45) is 0.888. The molecule has 0 saturated heterocycles. The molecule has 1 atom stereocenters. The van der Waals surface area contributed by atoms with Crippen LogP contribution in [0, 0.1) is 0 Å². The lowest BCUT2D eigenvalue weighted by Gasteiger charge is -2.28. The normalized spacial score (nSPS) is 19.2. The summed E-state index contributed by atoms with van der Waals surface area (Å²) in [5, 5.41) is 0. The molecule has 68 valence electrons. The van der Waals surface area contributed by atoms with Crippen molar-refractivity contribution in [2.75, 3.05) is 7.11 Å². The van der Waals surface area contributed by atoms with Gasteiger partial charge in [-0.1, -0.05) is 19.1 Å². The summed E-state index contributed by atoms with van der Waals surface area (Å²) in [4.78, 5) is 11.6. The lowest BCUT2D eigenvalue weighted by atomic mass is 9.74. The van der Waals surface area contributed by atoms with Crippen molar-refractivity contribution in [2.24, 2.45) is 0 Å². The summed E-state index contributed by atoms with van der Waals surface area (Å²) < 4.78 is 5.12. The molecule has 0 radical (unpaired) electrons. The highest BCUT2D eigenvalue weighted by Crippen LogP contribution is 2.42. The molecule has 1 aromatic rings. The zero-order chi connectivity index (χ0) is 9.42. The molecule has 0 fully saturated rings. The number of hydrogen-bond donors (Lipinski definition) is 0. The van der Waals surface area contributed by atoms with Crippen molar-refractivity contribution in [3.63, 3.8) is 0 Å². The minimum absolute atomic E-state index is 0.116. The van der Waals surface area contributed by atoms with Crippen LogP contribution in [0.2, 0.25) is 0 Å². The van der Waals surface area contributed by atoms with E-state index in [4.69, 9.17) is 4.74 Å². The van der Waals surface area contributed by atoms with Crippen LogP contribution in [0.25, 0.3) is 0 Å². The lowest BCUT2D eigenvalue weighted by Crippen LogP contribution is -2.26. The smallest absolute Gasteiger partial charge is 0.174 e. The van der Waals surface area contributed by atoms with Crippen molar-refractivity contribution < 1.29 is 9.53 Å². The van der Waals surface area contributed by atoms with Gasteiger partial charge in [0.2, 0.25) is 0 Å². The van der Waals surface area contributed by atoms with Gasteiger partial charge in [-0.05, 0) is 18.1 Å². The number of carbonyl (C=O) groups excluding carboxylic acids is 1. The van der Waals surface area contributed by atoms with Gasteiger partial charge in [0.15, 0.2) is 5.78 Å². The van der Waals surface area contributed by atoms with Gasteiger partial charge in [-0.3, -0.25) is 4.79 Å². The van der Waals surface area contributed by atoms with E-state index in [-0.39, 0.29) is 11.7 Å². The highest BCUT2D eigenvalue weighted by atomic mass is 16.5. The Hall–Kier alpha value is -1.31. The second-order valence-corrected chi connectivity index (χ2v) is 3.25. The van der Waals surface area contributed by atoms with Gasteiger partial charge in [0, 0.05) is 5.92 Å². The number of hydrogen-bond acceptors (Lipinski definition) is 2. The Morgan fingerprint density at radius 3 is 2.85 bits per heavy atom. The molecule has 0 aliphatic heterocycles. The molecule has 1 aliphatic carbocycles. The fraction of sp³-hybridized carbons (Fsp3) is 0.364. The van der Waals surface area contributed by atoms with E-state index < -0.39 is 0 Å².